The summed E-state index contributed by atoms with van der Waals surface area (Å²) in [7, 11) is 0. The van der Waals surface area contributed by atoms with Gasteiger partial charge in [-0.05, 0) is 37.3 Å². The molecule has 1 aliphatic carbocycles. The Morgan fingerprint density at radius 3 is 3.07 bits per heavy atom. The molecule has 1 fully saturated rings. The van der Waals surface area contributed by atoms with Gasteiger partial charge in [0.2, 0.25) is 0 Å². The molecule has 0 saturated heterocycles. The van der Waals surface area contributed by atoms with Crippen molar-refractivity contribution in [3.8, 4) is 0 Å². The molecule has 0 aliphatic heterocycles. The molecule has 1 heterocycles. The molecule has 3 nitrogen and oxygen atoms in total. The third kappa shape index (κ3) is 2.55. The second-order valence-corrected chi connectivity index (χ2v) is 3.80. The normalized spacial score (nSPS) is 15.0. The number of aromatic nitrogens is 1. The van der Waals surface area contributed by atoms with Crippen LogP contribution in [0.3, 0.4) is 0 Å². The van der Waals surface area contributed by atoms with Crippen LogP contribution in [-0.2, 0) is 16.0 Å². The molecule has 0 unspecified atom stereocenters. The predicted molar refractivity (Wildman–Crippen MR) is 56.5 cm³/mol. The van der Waals surface area contributed by atoms with Gasteiger partial charge in [-0.15, -0.1) is 0 Å². The van der Waals surface area contributed by atoms with Crippen LogP contribution in [0, 0.1) is 0 Å². The number of esters is 1. The van der Waals surface area contributed by atoms with E-state index in [9.17, 15) is 4.79 Å². The number of nitrogens with zero attached hydrogens (tertiary/aromatic N) is 1. The van der Waals surface area contributed by atoms with Gasteiger partial charge < -0.3 is 4.74 Å². The van der Waals surface area contributed by atoms with Crippen molar-refractivity contribution in [1.82, 2.24) is 4.98 Å². The predicted octanol–water partition coefficient (Wildman–Crippen LogP) is 2.06. The summed E-state index contributed by atoms with van der Waals surface area (Å²) < 4.78 is 4.92. The van der Waals surface area contributed by atoms with Gasteiger partial charge in [0.1, 0.15) is 0 Å². The van der Waals surface area contributed by atoms with Crippen LogP contribution in [0.2, 0.25) is 0 Å². The van der Waals surface area contributed by atoms with Gasteiger partial charge in [-0.1, -0.05) is 6.07 Å². The lowest BCUT2D eigenvalue weighted by atomic mass is 10.1. The molecule has 0 spiro atoms. The SMILES string of the molecule is CCOC(=O)Cc1ncccc1C1CC1. The standard InChI is InChI=1S/C12H15NO2/c1-2-15-12(14)8-11-10(9-5-6-9)4-3-7-13-11/h3-4,7,9H,2,5-6,8H2,1H3. The van der Waals surface area contributed by atoms with Gasteiger partial charge in [-0.25, -0.2) is 0 Å². The lowest BCUT2D eigenvalue weighted by Gasteiger charge is -2.06. The summed E-state index contributed by atoms with van der Waals surface area (Å²) in [5.74, 6) is 0.446. The van der Waals surface area contributed by atoms with E-state index >= 15 is 0 Å². The maximum Gasteiger partial charge on any atom is 0.311 e. The van der Waals surface area contributed by atoms with E-state index in [-0.39, 0.29) is 5.97 Å². The summed E-state index contributed by atoms with van der Waals surface area (Å²) in [5, 5.41) is 0. The molecular formula is C12H15NO2. The van der Waals surface area contributed by atoms with Crippen LogP contribution in [0.1, 0.15) is 36.9 Å². The number of ether oxygens (including phenoxy) is 1. The maximum atomic E-state index is 11.3. The first kappa shape index (κ1) is 10.1. The minimum Gasteiger partial charge on any atom is -0.466 e. The fourth-order valence-corrected chi connectivity index (χ4v) is 1.71. The monoisotopic (exact) mass is 205 g/mol. The molecule has 0 bridgehead atoms. The molecule has 15 heavy (non-hydrogen) atoms. The molecule has 0 N–H and O–H groups in total. The van der Waals surface area contributed by atoms with Crippen molar-refractivity contribution in [2.45, 2.75) is 32.1 Å². The molecule has 2 rings (SSSR count). The number of hydrogen-bond acceptors (Lipinski definition) is 3. The van der Waals surface area contributed by atoms with Crippen LogP contribution >= 0.6 is 0 Å². The topological polar surface area (TPSA) is 39.2 Å². The van der Waals surface area contributed by atoms with Gasteiger partial charge in [-0.2, -0.15) is 0 Å². The highest BCUT2D eigenvalue weighted by atomic mass is 16.5. The number of pyridine rings is 1. The van der Waals surface area contributed by atoms with E-state index in [1.807, 2.05) is 13.0 Å². The Morgan fingerprint density at radius 1 is 1.60 bits per heavy atom. The molecule has 0 radical (unpaired) electrons. The van der Waals surface area contributed by atoms with Gasteiger partial charge >= 0.3 is 5.97 Å². The first-order chi connectivity index (χ1) is 7.31. The number of hydrogen-bond donors (Lipinski definition) is 0. The largest absolute Gasteiger partial charge is 0.466 e. The van der Waals surface area contributed by atoms with Crippen molar-refractivity contribution in [1.29, 1.82) is 0 Å². The van der Waals surface area contributed by atoms with E-state index in [2.05, 4.69) is 11.1 Å². The van der Waals surface area contributed by atoms with E-state index < -0.39 is 0 Å². The summed E-state index contributed by atoms with van der Waals surface area (Å²) >= 11 is 0. The van der Waals surface area contributed by atoms with E-state index in [1.54, 1.807) is 6.20 Å². The average molecular weight is 205 g/mol. The zero-order valence-corrected chi connectivity index (χ0v) is 8.90. The third-order valence-electron chi connectivity index (χ3n) is 2.56. The molecule has 0 atom stereocenters. The van der Waals surface area contributed by atoms with Crippen LogP contribution < -0.4 is 0 Å². The molecule has 80 valence electrons. The zero-order chi connectivity index (χ0) is 10.7. The Balaban J connectivity index is 2.09. The summed E-state index contributed by atoms with van der Waals surface area (Å²) in [4.78, 5) is 15.6. The van der Waals surface area contributed by atoms with Crippen molar-refractivity contribution < 1.29 is 9.53 Å². The Bertz CT molecular complexity index is 358. The van der Waals surface area contributed by atoms with E-state index in [0.29, 0.717) is 18.9 Å². The minimum atomic E-state index is -0.182. The van der Waals surface area contributed by atoms with Gasteiger partial charge in [0.05, 0.1) is 18.7 Å². The highest BCUT2D eigenvalue weighted by Gasteiger charge is 2.26. The van der Waals surface area contributed by atoms with Crippen molar-refractivity contribution in [2.24, 2.45) is 0 Å². The smallest absolute Gasteiger partial charge is 0.311 e. The molecule has 1 saturated carbocycles. The van der Waals surface area contributed by atoms with Crippen molar-refractivity contribution in [3.05, 3.63) is 29.6 Å². The van der Waals surface area contributed by atoms with Gasteiger partial charge in [0.25, 0.3) is 0 Å². The van der Waals surface area contributed by atoms with Crippen molar-refractivity contribution in [3.63, 3.8) is 0 Å². The Labute approximate surface area is 89.5 Å². The number of carbonyl (C=O) groups is 1. The maximum absolute atomic E-state index is 11.3. The number of carbonyl (C=O) groups excluding carboxylic acids is 1. The van der Waals surface area contributed by atoms with Crippen LogP contribution in [0.4, 0.5) is 0 Å². The molecule has 3 heteroatoms. The zero-order valence-electron chi connectivity index (χ0n) is 8.90. The molecule has 0 aromatic carbocycles. The molecule has 0 amide bonds. The Morgan fingerprint density at radius 2 is 2.40 bits per heavy atom. The lowest BCUT2D eigenvalue weighted by Crippen LogP contribution is -2.10. The minimum absolute atomic E-state index is 0.182. The molecule has 1 aromatic rings. The van der Waals surface area contributed by atoms with Gasteiger partial charge in [-0.3, -0.25) is 9.78 Å². The average Bonchev–Trinajstić information content (AvgIpc) is 3.02. The third-order valence-corrected chi connectivity index (χ3v) is 2.56. The summed E-state index contributed by atoms with van der Waals surface area (Å²) in [6.45, 7) is 2.25. The molecule has 1 aromatic heterocycles. The van der Waals surface area contributed by atoms with Gasteiger partial charge in [0, 0.05) is 6.20 Å². The van der Waals surface area contributed by atoms with Crippen LogP contribution in [0.15, 0.2) is 18.3 Å². The van der Waals surface area contributed by atoms with E-state index in [1.165, 1.54) is 18.4 Å². The summed E-state index contributed by atoms with van der Waals surface area (Å²) in [6, 6.07) is 4.00. The number of rotatable bonds is 4. The van der Waals surface area contributed by atoms with Crippen molar-refractivity contribution in [2.75, 3.05) is 6.61 Å². The summed E-state index contributed by atoms with van der Waals surface area (Å²) in [5.41, 5.74) is 2.11. The highest BCUT2D eigenvalue weighted by molar-refractivity contribution is 5.72. The van der Waals surface area contributed by atoms with Gasteiger partial charge in [0.15, 0.2) is 0 Å². The fourth-order valence-electron chi connectivity index (χ4n) is 1.71. The van der Waals surface area contributed by atoms with E-state index in [0.717, 1.165) is 5.69 Å². The second-order valence-electron chi connectivity index (χ2n) is 3.80. The highest BCUT2D eigenvalue weighted by Crippen LogP contribution is 2.41. The Hall–Kier alpha value is -1.38. The second kappa shape index (κ2) is 4.43. The molecular weight excluding hydrogens is 190 g/mol. The molecule has 1 aliphatic rings. The fraction of sp³-hybridized carbons (Fsp3) is 0.500. The first-order valence-electron chi connectivity index (χ1n) is 5.40. The van der Waals surface area contributed by atoms with Crippen LogP contribution in [0.25, 0.3) is 0 Å². The first-order valence-corrected chi connectivity index (χ1v) is 5.40. The van der Waals surface area contributed by atoms with Crippen molar-refractivity contribution >= 4 is 5.97 Å². The summed E-state index contributed by atoms with van der Waals surface area (Å²) in [6.07, 6.45) is 4.49. The quantitative estimate of drug-likeness (QED) is 0.706. The van der Waals surface area contributed by atoms with E-state index in [4.69, 9.17) is 4.74 Å². The Kier molecular flexibility index (Phi) is 2.99. The van der Waals surface area contributed by atoms with Crippen LogP contribution in [-0.4, -0.2) is 17.6 Å². The van der Waals surface area contributed by atoms with Crippen LogP contribution in [0.5, 0.6) is 0 Å². The lowest BCUT2D eigenvalue weighted by molar-refractivity contribution is -0.142.